The fourth-order valence-electron chi connectivity index (χ4n) is 5.04. The van der Waals surface area contributed by atoms with E-state index in [4.69, 9.17) is 5.73 Å². The third kappa shape index (κ3) is 7.85. The number of rotatable bonds is 11. The number of nitrogens with zero attached hydrogens (tertiary/aromatic N) is 2. The summed E-state index contributed by atoms with van der Waals surface area (Å²) in [5, 5.41) is 15.8. The molecule has 10 heteroatoms. The number of benzene rings is 1. The van der Waals surface area contributed by atoms with Crippen molar-refractivity contribution in [2.45, 2.75) is 84.7 Å². The number of aryl methyl sites for hydroxylation is 1. The zero-order valence-corrected chi connectivity index (χ0v) is 23.8. The number of aromatic nitrogens is 1. The number of carbonyl (C=O) groups excluding carboxylic acids is 3. The van der Waals surface area contributed by atoms with Gasteiger partial charge in [-0.3, -0.25) is 14.4 Å². The molecule has 0 aliphatic carbocycles. The Morgan fingerprint density at radius 3 is 2.45 bits per heavy atom. The van der Waals surface area contributed by atoms with Gasteiger partial charge in [-0.25, -0.2) is 4.98 Å². The van der Waals surface area contributed by atoms with Crippen LogP contribution in [0.3, 0.4) is 0 Å². The van der Waals surface area contributed by atoms with E-state index < -0.39 is 30.1 Å². The van der Waals surface area contributed by atoms with Crippen molar-refractivity contribution < 1.29 is 19.5 Å². The molecule has 208 valence electrons. The highest BCUT2D eigenvalue weighted by atomic mass is 32.1. The molecule has 5 N–H and O–H groups in total. The minimum Gasteiger partial charge on any atom is -0.391 e. The van der Waals surface area contributed by atoms with Gasteiger partial charge in [-0.15, -0.1) is 11.3 Å². The predicted molar refractivity (Wildman–Crippen MR) is 149 cm³/mol. The summed E-state index contributed by atoms with van der Waals surface area (Å²) in [5.41, 5.74) is 10.9. The van der Waals surface area contributed by atoms with Crippen LogP contribution >= 0.6 is 11.3 Å². The van der Waals surface area contributed by atoms with Crippen LogP contribution in [0.4, 0.5) is 0 Å². The zero-order valence-electron chi connectivity index (χ0n) is 22.9. The van der Waals surface area contributed by atoms with Crippen LogP contribution in [-0.4, -0.2) is 63.5 Å². The Morgan fingerprint density at radius 1 is 1.16 bits per heavy atom. The van der Waals surface area contributed by atoms with Crippen LogP contribution in [0.2, 0.25) is 0 Å². The second kappa shape index (κ2) is 13.3. The van der Waals surface area contributed by atoms with Crippen LogP contribution in [-0.2, 0) is 20.9 Å². The Labute approximate surface area is 229 Å². The van der Waals surface area contributed by atoms with Crippen molar-refractivity contribution in [3.63, 3.8) is 0 Å². The second-order valence-electron chi connectivity index (χ2n) is 10.9. The quantitative estimate of drug-likeness (QED) is 0.344. The molecule has 1 fully saturated rings. The number of hydrogen-bond acceptors (Lipinski definition) is 7. The minimum absolute atomic E-state index is 0.0392. The summed E-state index contributed by atoms with van der Waals surface area (Å²) in [6.45, 7) is 10.2. The molecule has 0 bridgehead atoms. The molecule has 2 heterocycles. The molecule has 9 nitrogen and oxygen atoms in total. The summed E-state index contributed by atoms with van der Waals surface area (Å²) < 4.78 is 0. The highest BCUT2D eigenvalue weighted by molar-refractivity contribution is 7.13. The smallest absolute Gasteiger partial charge is 0.245 e. The molecule has 2 aromatic rings. The summed E-state index contributed by atoms with van der Waals surface area (Å²) in [6, 6.07) is 5.50. The zero-order chi connectivity index (χ0) is 28.0. The van der Waals surface area contributed by atoms with Crippen LogP contribution in [0.1, 0.15) is 58.2 Å². The number of amides is 3. The van der Waals surface area contributed by atoms with Gasteiger partial charge in [0, 0.05) is 19.5 Å². The van der Waals surface area contributed by atoms with E-state index in [0.717, 1.165) is 28.1 Å². The average molecular weight is 544 g/mol. The average Bonchev–Trinajstić information content (AvgIpc) is 3.47. The minimum atomic E-state index is -0.864. The molecular formula is C28H41N5O4S. The van der Waals surface area contributed by atoms with Gasteiger partial charge >= 0.3 is 0 Å². The molecule has 0 spiro atoms. The third-order valence-corrected chi connectivity index (χ3v) is 7.87. The Kier molecular flexibility index (Phi) is 10.4. The number of nitrogens with two attached hydrogens (primary N) is 1. The van der Waals surface area contributed by atoms with Gasteiger partial charge in [-0.2, -0.15) is 0 Å². The van der Waals surface area contributed by atoms with Gasteiger partial charge < -0.3 is 26.4 Å². The van der Waals surface area contributed by atoms with Crippen molar-refractivity contribution in [3.05, 3.63) is 41.0 Å². The topological polar surface area (TPSA) is 138 Å². The molecule has 0 radical (unpaired) electrons. The molecule has 3 amide bonds. The van der Waals surface area contributed by atoms with Crippen LogP contribution < -0.4 is 16.4 Å². The van der Waals surface area contributed by atoms with Gasteiger partial charge in [0.2, 0.25) is 17.7 Å². The number of β-amino-alcohol motifs (C(OH)–C–C–N with tert-alkyl or cyclic N) is 1. The summed E-state index contributed by atoms with van der Waals surface area (Å²) >= 11 is 1.58. The highest BCUT2D eigenvalue weighted by Crippen LogP contribution is 2.27. The molecule has 1 saturated heterocycles. The number of hydrogen-bond donors (Lipinski definition) is 4. The van der Waals surface area contributed by atoms with Crippen LogP contribution in [0.5, 0.6) is 0 Å². The largest absolute Gasteiger partial charge is 0.391 e. The molecule has 1 aliphatic heterocycles. The fourth-order valence-corrected chi connectivity index (χ4v) is 5.85. The molecule has 38 heavy (non-hydrogen) atoms. The van der Waals surface area contributed by atoms with Crippen LogP contribution in [0.15, 0.2) is 29.8 Å². The number of likely N-dealkylation sites (tertiary alicyclic amines) is 1. The molecule has 1 aromatic carbocycles. The SMILES string of the molecule is Cc1ncsc1-c1ccc(CNC(=O)C2CC(O)CN2C(=O)C(C)NC(=O)C(N)CC(C)CC(C)C)cc1. The number of aliphatic hydroxyl groups excluding tert-OH is 1. The standard InChI is InChI=1S/C28H41N5O4S/c1-16(2)10-17(3)11-23(29)26(35)32-19(5)28(37)33-14-22(34)12-24(33)27(36)30-13-20-6-8-21(9-7-20)25-18(4)31-15-38-25/h6-9,15-17,19,22-24,34H,10-14,29H2,1-5H3,(H,30,36)(H,32,35). The maximum absolute atomic E-state index is 13.2. The summed E-state index contributed by atoms with van der Waals surface area (Å²) in [7, 11) is 0. The van der Waals surface area contributed by atoms with E-state index in [1.807, 2.05) is 36.7 Å². The number of carbonyl (C=O) groups is 3. The summed E-state index contributed by atoms with van der Waals surface area (Å²) in [6.07, 6.45) is 0.837. The van der Waals surface area contributed by atoms with Gasteiger partial charge in [0.05, 0.1) is 28.2 Å². The number of thiazole rings is 1. The third-order valence-electron chi connectivity index (χ3n) is 6.89. The lowest BCUT2D eigenvalue weighted by Gasteiger charge is -2.27. The molecule has 1 aromatic heterocycles. The van der Waals surface area contributed by atoms with Gasteiger partial charge in [-0.1, -0.05) is 45.0 Å². The molecule has 3 rings (SSSR count). The second-order valence-corrected chi connectivity index (χ2v) is 11.7. The van der Waals surface area contributed by atoms with Gasteiger partial charge in [0.25, 0.3) is 0 Å². The van der Waals surface area contributed by atoms with Crippen molar-refractivity contribution >= 4 is 29.1 Å². The van der Waals surface area contributed by atoms with Crippen LogP contribution in [0, 0.1) is 18.8 Å². The predicted octanol–water partition coefficient (Wildman–Crippen LogP) is 2.60. The lowest BCUT2D eigenvalue weighted by atomic mass is 9.92. The van der Waals surface area contributed by atoms with E-state index in [9.17, 15) is 19.5 Å². The van der Waals surface area contributed by atoms with E-state index in [1.54, 1.807) is 18.3 Å². The van der Waals surface area contributed by atoms with Crippen molar-refractivity contribution in [3.8, 4) is 10.4 Å². The van der Waals surface area contributed by atoms with Crippen molar-refractivity contribution in [2.24, 2.45) is 17.6 Å². The Bertz CT molecular complexity index is 1100. The van der Waals surface area contributed by atoms with E-state index >= 15 is 0 Å². The van der Waals surface area contributed by atoms with Crippen molar-refractivity contribution in [2.75, 3.05) is 6.54 Å². The van der Waals surface area contributed by atoms with Crippen molar-refractivity contribution in [1.82, 2.24) is 20.5 Å². The van der Waals surface area contributed by atoms with Crippen molar-refractivity contribution in [1.29, 1.82) is 0 Å². The van der Waals surface area contributed by atoms with E-state index in [2.05, 4.69) is 36.4 Å². The molecular weight excluding hydrogens is 502 g/mol. The maximum Gasteiger partial charge on any atom is 0.245 e. The lowest BCUT2D eigenvalue weighted by molar-refractivity contribution is -0.141. The summed E-state index contributed by atoms with van der Waals surface area (Å²) in [4.78, 5) is 45.5. The van der Waals surface area contributed by atoms with Gasteiger partial charge in [-0.05, 0) is 49.7 Å². The Balaban J connectivity index is 1.54. The van der Waals surface area contributed by atoms with Gasteiger partial charge in [0.1, 0.15) is 12.1 Å². The molecule has 1 aliphatic rings. The summed E-state index contributed by atoms with van der Waals surface area (Å²) in [5.74, 6) is -0.342. The van der Waals surface area contributed by atoms with E-state index in [-0.39, 0.29) is 30.7 Å². The highest BCUT2D eigenvalue weighted by Gasteiger charge is 2.40. The number of aliphatic hydroxyl groups is 1. The fraction of sp³-hybridized carbons (Fsp3) is 0.571. The first-order valence-corrected chi connectivity index (χ1v) is 14.2. The Morgan fingerprint density at radius 2 is 1.84 bits per heavy atom. The molecule has 5 unspecified atom stereocenters. The Hall–Kier alpha value is -2.82. The molecule has 5 atom stereocenters. The maximum atomic E-state index is 13.2. The first kappa shape index (κ1) is 29.7. The van der Waals surface area contributed by atoms with E-state index in [1.165, 1.54) is 4.90 Å². The van der Waals surface area contributed by atoms with E-state index in [0.29, 0.717) is 18.9 Å². The number of nitrogens with one attached hydrogen (secondary N) is 2. The lowest BCUT2D eigenvalue weighted by Crippen LogP contribution is -2.54. The van der Waals surface area contributed by atoms with Gasteiger partial charge in [0.15, 0.2) is 0 Å². The molecule has 0 saturated carbocycles. The van der Waals surface area contributed by atoms with Crippen LogP contribution in [0.25, 0.3) is 10.4 Å². The monoisotopic (exact) mass is 543 g/mol. The first-order chi connectivity index (χ1) is 18.0. The normalized spacial score (nSPS) is 19.7. The first-order valence-electron chi connectivity index (χ1n) is 13.3.